The maximum absolute atomic E-state index is 14.5. The van der Waals surface area contributed by atoms with Crippen LogP contribution in [0.2, 0.25) is 0 Å². The Morgan fingerprint density at radius 1 is 1.09 bits per heavy atom. The third kappa shape index (κ3) is 2.77. The van der Waals surface area contributed by atoms with Crippen molar-refractivity contribution in [1.29, 1.82) is 0 Å². The Labute approximate surface area is 184 Å². The molecule has 1 aliphatic carbocycles. The van der Waals surface area contributed by atoms with Gasteiger partial charge in [-0.1, -0.05) is 12.1 Å². The van der Waals surface area contributed by atoms with Gasteiger partial charge in [0.15, 0.2) is 23.1 Å². The first-order valence-electron chi connectivity index (χ1n) is 10.3. The number of benzene rings is 1. The number of carbonyl (C=O) groups is 1. The lowest BCUT2D eigenvalue weighted by Crippen LogP contribution is -2.19. The highest BCUT2D eigenvalue weighted by atomic mass is 19.2. The molecule has 2 aliphatic rings. The van der Waals surface area contributed by atoms with Gasteiger partial charge in [0.05, 0.1) is 23.0 Å². The highest BCUT2D eigenvalue weighted by Crippen LogP contribution is 2.53. The van der Waals surface area contributed by atoms with Crippen LogP contribution in [0, 0.1) is 31.3 Å². The van der Waals surface area contributed by atoms with Gasteiger partial charge >= 0.3 is 0 Å². The monoisotopic (exact) mass is 451 g/mol. The van der Waals surface area contributed by atoms with Gasteiger partial charge in [-0.3, -0.25) is 4.79 Å². The number of rotatable bonds is 3. The largest absolute Gasteiger partial charge is 0.308 e. The number of fused-ring (bicyclic) bond motifs is 3. The van der Waals surface area contributed by atoms with Gasteiger partial charge in [0.2, 0.25) is 11.7 Å². The molecule has 1 aliphatic heterocycles. The number of nitrogens with one attached hydrogen (secondary N) is 1. The summed E-state index contributed by atoms with van der Waals surface area (Å²) in [7, 11) is 0. The normalized spacial score (nSPS) is 15.8. The number of hydrogen-bond donors (Lipinski definition) is 1. The minimum atomic E-state index is -0.980. The fourth-order valence-corrected chi connectivity index (χ4v) is 4.17. The van der Waals surface area contributed by atoms with E-state index in [1.54, 1.807) is 0 Å². The Bertz CT molecular complexity index is 1510. The zero-order valence-corrected chi connectivity index (χ0v) is 17.6. The van der Waals surface area contributed by atoms with Crippen molar-refractivity contribution >= 4 is 22.8 Å². The summed E-state index contributed by atoms with van der Waals surface area (Å²) in [6.45, 7) is 2.83. The average molecular weight is 451 g/mol. The summed E-state index contributed by atoms with van der Waals surface area (Å²) in [6, 6.07) is 4.19. The summed E-state index contributed by atoms with van der Waals surface area (Å²) in [4.78, 5) is 21.0. The van der Waals surface area contributed by atoms with Gasteiger partial charge in [-0.15, -0.1) is 10.2 Å². The molecule has 1 aromatic carbocycles. The predicted octanol–water partition coefficient (Wildman–Crippen LogP) is 3.35. The molecule has 1 N–H and O–H groups in total. The molecule has 4 heterocycles. The van der Waals surface area contributed by atoms with Gasteiger partial charge in [-0.25, -0.2) is 27.8 Å². The first kappa shape index (κ1) is 19.8. The number of halogens is 3. The second-order valence-corrected chi connectivity index (χ2v) is 8.47. The molecule has 0 atom stereocenters. The summed E-state index contributed by atoms with van der Waals surface area (Å²) >= 11 is 0. The molecule has 1 fully saturated rings. The van der Waals surface area contributed by atoms with Crippen molar-refractivity contribution in [3.05, 3.63) is 58.2 Å². The zero-order chi connectivity index (χ0) is 23.1. The van der Waals surface area contributed by atoms with Crippen molar-refractivity contribution in [2.45, 2.75) is 38.6 Å². The number of carbonyl (C=O) groups excluding carboxylic acids is 1. The summed E-state index contributed by atoms with van der Waals surface area (Å²) < 4.78 is 44.4. The minimum absolute atomic E-state index is 0.0637. The Kier molecular flexibility index (Phi) is 3.93. The second-order valence-electron chi connectivity index (χ2n) is 8.47. The standard InChI is InChI=1S/C22H16F3N7O/c1-9-3-4-11(15(25)14(9)24)8-32-20-12(7-13(23)10(2)26-20)16(31-32)18-27-19-17(29-30-18)22(5-6-22)21(33)28-19/h3-4,7H,5-6,8H2,1-2H3,(H,27,28,30,33). The molecular formula is C22H16F3N7O. The molecule has 0 saturated heterocycles. The number of aromatic nitrogens is 6. The van der Waals surface area contributed by atoms with E-state index in [0.29, 0.717) is 29.7 Å². The average Bonchev–Trinajstić information content (AvgIpc) is 3.47. The van der Waals surface area contributed by atoms with Gasteiger partial charge in [0.25, 0.3) is 0 Å². The quantitative estimate of drug-likeness (QED) is 0.513. The van der Waals surface area contributed by atoms with E-state index in [-0.39, 0.29) is 46.4 Å². The maximum atomic E-state index is 14.5. The minimum Gasteiger partial charge on any atom is -0.308 e. The van der Waals surface area contributed by atoms with E-state index < -0.39 is 22.9 Å². The Balaban J connectivity index is 1.50. The maximum Gasteiger partial charge on any atom is 0.238 e. The van der Waals surface area contributed by atoms with Crippen LogP contribution in [0.3, 0.4) is 0 Å². The van der Waals surface area contributed by atoms with Gasteiger partial charge in [-0.05, 0) is 38.3 Å². The molecule has 166 valence electrons. The van der Waals surface area contributed by atoms with E-state index in [0.717, 1.165) is 0 Å². The number of anilines is 1. The zero-order valence-electron chi connectivity index (χ0n) is 17.6. The summed E-state index contributed by atoms with van der Waals surface area (Å²) in [6.07, 6.45) is 1.37. The molecular weight excluding hydrogens is 435 g/mol. The van der Waals surface area contributed by atoms with Crippen LogP contribution in [0.1, 0.15) is 35.4 Å². The van der Waals surface area contributed by atoms with E-state index in [4.69, 9.17) is 0 Å². The van der Waals surface area contributed by atoms with Crippen LogP contribution in [0.15, 0.2) is 18.2 Å². The SMILES string of the molecule is Cc1ccc(Cn2nc(-c3nnc4c(n3)NC(=O)C43CC3)c3cc(F)c(C)nc32)c(F)c1F. The lowest BCUT2D eigenvalue weighted by Gasteiger charge is -2.07. The lowest BCUT2D eigenvalue weighted by atomic mass is 10.1. The summed E-state index contributed by atoms with van der Waals surface area (Å²) in [5.74, 6) is -2.27. The van der Waals surface area contributed by atoms with Crippen LogP contribution in [-0.4, -0.2) is 35.9 Å². The molecule has 0 bridgehead atoms. The molecule has 11 heteroatoms. The molecule has 0 radical (unpaired) electrons. The number of nitrogens with zero attached hydrogens (tertiary/aromatic N) is 6. The van der Waals surface area contributed by atoms with E-state index in [1.165, 1.54) is 36.7 Å². The lowest BCUT2D eigenvalue weighted by molar-refractivity contribution is -0.118. The van der Waals surface area contributed by atoms with E-state index >= 15 is 0 Å². The fourth-order valence-electron chi connectivity index (χ4n) is 4.17. The predicted molar refractivity (Wildman–Crippen MR) is 111 cm³/mol. The van der Waals surface area contributed by atoms with Crippen molar-refractivity contribution in [3.63, 3.8) is 0 Å². The third-order valence-electron chi connectivity index (χ3n) is 6.30. The summed E-state index contributed by atoms with van der Waals surface area (Å²) in [5, 5.41) is 15.8. The molecule has 33 heavy (non-hydrogen) atoms. The number of amides is 1. The molecule has 1 spiro atoms. The second kappa shape index (κ2) is 6.56. The van der Waals surface area contributed by atoms with Crippen LogP contribution in [0.4, 0.5) is 19.0 Å². The first-order chi connectivity index (χ1) is 15.8. The molecule has 0 unspecified atom stereocenters. The summed E-state index contributed by atoms with van der Waals surface area (Å²) in [5.41, 5.74) is 0.661. The van der Waals surface area contributed by atoms with Crippen molar-refractivity contribution < 1.29 is 18.0 Å². The van der Waals surface area contributed by atoms with Gasteiger partial charge < -0.3 is 5.32 Å². The van der Waals surface area contributed by atoms with Crippen LogP contribution < -0.4 is 5.32 Å². The van der Waals surface area contributed by atoms with Crippen LogP contribution in [0.25, 0.3) is 22.6 Å². The molecule has 6 rings (SSSR count). The first-order valence-corrected chi connectivity index (χ1v) is 10.3. The van der Waals surface area contributed by atoms with Crippen molar-refractivity contribution in [2.24, 2.45) is 0 Å². The molecule has 4 aromatic rings. The van der Waals surface area contributed by atoms with Crippen LogP contribution >= 0.6 is 0 Å². The van der Waals surface area contributed by atoms with Crippen LogP contribution in [-0.2, 0) is 16.8 Å². The molecule has 8 nitrogen and oxygen atoms in total. The van der Waals surface area contributed by atoms with Crippen molar-refractivity contribution in [1.82, 2.24) is 29.9 Å². The Morgan fingerprint density at radius 2 is 1.88 bits per heavy atom. The fraction of sp³-hybridized carbons (Fsp3) is 0.273. The van der Waals surface area contributed by atoms with E-state index in [1.807, 2.05) is 0 Å². The van der Waals surface area contributed by atoms with E-state index in [2.05, 4.69) is 30.6 Å². The Morgan fingerprint density at radius 3 is 2.64 bits per heavy atom. The number of hydrogen-bond acceptors (Lipinski definition) is 6. The smallest absolute Gasteiger partial charge is 0.238 e. The van der Waals surface area contributed by atoms with Gasteiger partial charge in [-0.2, -0.15) is 5.10 Å². The number of pyridine rings is 1. The highest BCUT2D eigenvalue weighted by molar-refractivity contribution is 6.06. The Hall–Kier alpha value is -3.89. The topological polar surface area (TPSA) is 98.5 Å². The third-order valence-corrected chi connectivity index (χ3v) is 6.30. The molecule has 3 aromatic heterocycles. The van der Waals surface area contributed by atoms with Gasteiger partial charge in [0.1, 0.15) is 17.2 Å². The molecule has 1 amide bonds. The highest BCUT2D eigenvalue weighted by Gasteiger charge is 2.58. The number of aryl methyl sites for hydroxylation is 2. The molecule has 1 saturated carbocycles. The van der Waals surface area contributed by atoms with E-state index in [9.17, 15) is 18.0 Å². The van der Waals surface area contributed by atoms with Crippen molar-refractivity contribution in [2.75, 3.05) is 5.32 Å². The van der Waals surface area contributed by atoms with Crippen LogP contribution in [0.5, 0.6) is 0 Å². The van der Waals surface area contributed by atoms with Crippen molar-refractivity contribution in [3.8, 4) is 11.5 Å². The van der Waals surface area contributed by atoms with Gasteiger partial charge in [0, 0.05) is 5.56 Å².